The summed E-state index contributed by atoms with van der Waals surface area (Å²) in [5, 5.41) is 14.4. The molecule has 1 heterocycles. The lowest BCUT2D eigenvalue weighted by atomic mass is 10.2. The van der Waals surface area contributed by atoms with E-state index in [1.807, 2.05) is 43.3 Å². The summed E-state index contributed by atoms with van der Waals surface area (Å²) in [6.07, 6.45) is 0. The van der Waals surface area contributed by atoms with Crippen LogP contribution in [0.3, 0.4) is 0 Å². The number of ketones is 1. The standard InChI is InChI=1S/C21H20Cl2N2O4/c1-14-8-21(29-13-19(27)11-26)24-25(14)10-16-9-18(23)6-7-20(16)28-12-15-2-4-17(22)5-3-15/h2-9,26H,10-13H2,1H3. The fourth-order valence-electron chi connectivity index (χ4n) is 2.63. The first-order valence-corrected chi connectivity index (χ1v) is 9.65. The molecule has 0 bridgehead atoms. The third kappa shape index (κ3) is 5.97. The number of carbonyl (C=O) groups excluding carboxylic acids is 1. The van der Waals surface area contributed by atoms with Crippen LogP contribution in [0.1, 0.15) is 16.8 Å². The van der Waals surface area contributed by atoms with Crippen LogP contribution in [-0.4, -0.2) is 33.9 Å². The van der Waals surface area contributed by atoms with Crippen LogP contribution in [0, 0.1) is 6.92 Å². The SMILES string of the molecule is Cc1cc(OCC(=O)CO)nn1Cc1cc(Cl)ccc1OCc1ccc(Cl)cc1. The quantitative estimate of drug-likeness (QED) is 0.549. The zero-order valence-electron chi connectivity index (χ0n) is 15.8. The van der Waals surface area contributed by atoms with Gasteiger partial charge >= 0.3 is 0 Å². The number of Topliss-reactive ketones (excluding diaryl/α,β-unsaturated/α-hetero) is 1. The van der Waals surface area contributed by atoms with E-state index in [0.29, 0.717) is 34.8 Å². The second kappa shape index (κ2) is 9.78. The lowest BCUT2D eigenvalue weighted by Crippen LogP contribution is -2.15. The highest BCUT2D eigenvalue weighted by molar-refractivity contribution is 6.30. The van der Waals surface area contributed by atoms with Gasteiger partial charge in [-0.2, -0.15) is 0 Å². The number of carbonyl (C=O) groups is 1. The van der Waals surface area contributed by atoms with Gasteiger partial charge in [-0.25, -0.2) is 0 Å². The van der Waals surface area contributed by atoms with Gasteiger partial charge in [0.2, 0.25) is 5.88 Å². The fraction of sp³-hybridized carbons (Fsp3) is 0.238. The Balaban J connectivity index is 1.73. The number of aliphatic hydroxyl groups excluding tert-OH is 1. The molecule has 0 radical (unpaired) electrons. The number of aryl methyl sites for hydroxylation is 1. The van der Waals surface area contributed by atoms with E-state index < -0.39 is 12.4 Å². The predicted octanol–water partition coefficient (Wildman–Crippen LogP) is 4.07. The Labute approximate surface area is 178 Å². The normalized spacial score (nSPS) is 10.8. The monoisotopic (exact) mass is 434 g/mol. The van der Waals surface area contributed by atoms with E-state index in [4.69, 9.17) is 37.8 Å². The zero-order valence-corrected chi connectivity index (χ0v) is 17.3. The second-order valence-corrected chi connectivity index (χ2v) is 7.31. The molecule has 8 heteroatoms. The summed E-state index contributed by atoms with van der Waals surface area (Å²) < 4.78 is 13.0. The summed E-state index contributed by atoms with van der Waals surface area (Å²) in [6.45, 7) is 1.91. The van der Waals surface area contributed by atoms with Crippen LogP contribution < -0.4 is 9.47 Å². The number of halogens is 2. The van der Waals surface area contributed by atoms with Crippen molar-refractivity contribution in [3.8, 4) is 11.6 Å². The van der Waals surface area contributed by atoms with E-state index in [0.717, 1.165) is 16.8 Å². The van der Waals surface area contributed by atoms with Crippen LogP contribution in [0.4, 0.5) is 0 Å². The van der Waals surface area contributed by atoms with E-state index >= 15 is 0 Å². The molecule has 152 valence electrons. The highest BCUT2D eigenvalue weighted by Gasteiger charge is 2.12. The minimum atomic E-state index is -0.559. The summed E-state index contributed by atoms with van der Waals surface area (Å²) in [5.74, 6) is 0.595. The second-order valence-electron chi connectivity index (χ2n) is 6.43. The molecule has 0 fully saturated rings. The third-order valence-corrected chi connectivity index (χ3v) is 4.65. The number of ether oxygens (including phenoxy) is 2. The Morgan fingerprint density at radius 2 is 1.79 bits per heavy atom. The summed E-state index contributed by atoms with van der Waals surface area (Å²) >= 11 is 12.1. The van der Waals surface area contributed by atoms with E-state index in [1.165, 1.54) is 0 Å². The Kier molecular flexibility index (Phi) is 7.14. The summed E-state index contributed by atoms with van der Waals surface area (Å²) in [7, 11) is 0. The molecule has 0 aliphatic heterocycles. The van der Waals surface area contributed by atoms with Gasteiger partial charge in [0.05, 0.1) is 6.54 Å². The molecule has 0 saturated heterocycles. The Hall–Kier alpha value is -2.54. The maximum Gasteiger partial charge on any atom is 0.233 e. The van der Waals surface area contributed by atoms with E-state index in [1.54, 1.807) is 16.8 Å². The molecule has 3 aromatic rings. The number of hydrogen-bond acceptors (Lipinski definition) is 5. The first-order chi connectivity index (χ1) is 13.9. The molecule has 29 heavy (non-hydrogen) atoms. The molecule has 2 aromatic carbocycles. The van der Waals surface area contributed by atoms with Gasteiger partial charge in [0, 0.05) is 27.4 Å². The Morgan fingerprint density at radius 3 is 2.52 bits per heavy atom. The molecule has 0 unspecified atom stereocenters. The largest absolute Gasteiger partial charge is 0.489 e. The summed E-state index contributed by atoms with van der Waals surface area (Å²) in [6, 6.07) is 14.6. The number of rotatable bonds is 9. The molecule has 0 aliphatic rings. The summed E-state index contributed by atoms with van der Waals surface area (Å²) in [5.41, 5.74) is 2.70. The van der Waals surface area contributed by atoms with Gasteiger partial charge in [-0.3, -0.25) is 9.48 Å². The van der Waals surface area contributed by atoms with Gasteiger partial charge < -0.3 is 14.6 Å². The van der Waals surface area contributed by atoms with Crippen molar-refractivity contribution in [1.82, 2.24) is 9.78 Å². The van der Waals surface area contributed by atoms with E-state index in [9.17, 15) is 4.79 Å². The van der Waals surface area contributed by atoms with Crippen LogP contribution in [0.25, 0.3) is 0 Å². The van der Waals surface area contributed by atoms with Crippen molar-refractivity contribution in [2.45, 2.75) is 20.1 Å². The van der Waals surface area contributed by atoms with Gasteiger partial charge in [0.15, 0.2) is 12.4 Å². The summed E-state index contributed by atoms with van der Waals surface area (Å²) in [4.78, 5) is 11.2. The molecule has 0 atom stereocenters. The van der Waals surface area contributed by atoms with Crippen LogP contribution >= 0.6 is 23.2 Å². The van der Waals surface area contributed by atoms with Crippen LogP contribution in [0.15, 0.2) is 48.5 Å². The van der Waals surface area contributed by atoms with Gasteiger partial charge in [-0.1, -0.05) is 35.3 Å². The molecule has 1 N–H and O–H groups in total. The molecule has 0 spiro atoms. The number of aliphatic hydroxyl groups is 1. The molecule has 0 aliphatic carbocycles. The average Bonchev–Trinajstić information content (AvgIpc) is 3.06. The molecular weight excluding hydrogens is 415 g/mol. The van der Waals surface area contributed by atoms with Crippen molar-refractivity contribution in [3.63, 3.8) is 0 Å². The Bertz CT molecular complexity index is 987. The molecule has 0 amide bonds. The van der Waals surface area contributed by atoms with Gasteiger partial charge in [-0.15, -0.1) is 5.10 Å². The van der Waals surface area contributed by atoms with Crippen molar-refractivity contribution in [2.24, 2.45) is 0 Å². The van der Waals surface area contributed by atoms with Crippen molar-refractivity contribution in [1.29, 1.82) is 0 Å². The average molecular weight is 435 g/mol. The highest BCUT2D eigenvalue weighted by Crippen LogP contribution is 2.26. The van der Waals surface area contributed by atoms with Crippen molar-refractivity contribution >= 4 is 29.0 Å². The van der Waals surface area contributed by atoms with Crippen molar-refractivity contribution < 1.29 is 19.4 Å². The van der Waals surface area contributed by atoms with Crippen LogP contribution in [-0.2, 0) is 17.9 Å². The zero-order chi connectivity index (χ0) is 20.8. The van der Waals surface area contributed by atoms with Crippen LogP contribution in [0.5, 0.6) is 11.6 Å². The lowest BCUT2D eigenvalue weighted by molar-refractivity contribution is -0.123. The fourth-order valence-corrected chi connectivity index (χ4v) is 2.95. The van der Waals surface area contributed by atoms with Gasteiger partial charge in [-0.05, 0) is 42.8 Å². The van der Waals surface area contributed by atoms with E-state index in [-0.39, 0.29) is 6.61 Å². The van der Waals surface area contributed by atoms with Crippen molar-refractivity contribution in [2.75, 3.05) is 13.2 Å². The molecule has 1 aromatic heterocycles. The predicted molar refractivity (Wildman–Crippen MR) is 111 cm³/mol. The maximum atomic E-state index is 11.2. The Morgan fingerprint density at radius 1 is 1.07 bits per heavy atom. The molecule has 6 nitrogen and oxygen atoms in total. The number of benzene rings is 2. The smallest absolute Gasteiger partial charge is 0.233 e. The van der Waals surface area contributed by atoms with Gasteiger partial charge in [0.25, 0.3) is 0 Å². The van der Waals surface area contributed by atoms with Crippen LogP contribution in [0.2, 0.25) is 10.0 Å². The first kappa shape index (κ1) is 21.2. The lowest BCUT2D eigenvalue weighted by Gasteiger charge is -2.13. The molecular formula is C21H20Cl2N2O4. The minimum absolute atomic E-state index is 0.223. The first-order valence-electron chi connectivity index (χ1n) is 8.90. The minimum Gasteiger partial charge on any atom is -0.489 e. The number of hydrogen-bond donors (Lipinski definition) is 1. The van der Waals surface area contributed by atoms with E-state index in [2.05, 4.69) is 5.10 Å². The molecule has 0 saturated carbocycles. The third-order valence-electron chi connectivity index (χ3n) is 4.17. The topological polar surface area (TPSA) is 73.6 Å². The number of aromatic nitrogens is 2. The van der Waals surface area contributed by atoms with Gasteiger partial charge in [0.1, 0.15) is 19.0 Å². The number of nitrogens with zero attached hydrogens (tertiary/aromatic N) is 2. The maximum absolute atomic E-state index is 11.2. The highest BCUT2D eigenvalue weighted by atomic mass is 35.5. The molecule has 3 rings (SSSR count). The van der Waals surface area contributed by atoms with Crippen molar-refractivity contribution in [3.05, 3.63) is 75.4 Å².